The van der Waals surface area contributed by atoms with Gasteiger partial charge >= 0.3 is 5.79 Å². The molecule has 0 amide bonds. The fraction of sp³-hybridized carbons (Fsp3) is 0.421. The molecule has 0 spiro atoms. The lowest BCUT2D eigenvalue weighted by atomic mass is 10.00. The first-order chi connectivity index (χ1) is 13.1. The van der Waals surface area contributed by atoms with Gasteiger partial charge in [-0.15, -0.1) is 12.4 Å². The summed E-state index contributed by atoms with van der Waals surface area (Å²) in [7, 11) is 2.11. The van der Waals surface area contributed by atoms with Crippen molar-refractivity contribution in [2.75, 3.05) is 25.5 Å². The van der Waals surface area contributed by atoms with E-state index < -0.39 is 10.7 Å². The van der Waals surface area contributed by atoms with Crippen LogP contribution in [0.1, 0.15) is 24.1 Å². The second kappa shape index (κ2) is 8.20. The fourth-order valence-corrected chi connectivity index (χ4v) is 3.72. The van der Waals surface area contributed by atoms with Gasteiger partial charge in [0.15, 0.2) is 0 Å². The Balaban J connectivity index is 0.00000225. The number of pyridine rings is 1. The third kappa shape index (κ3) is 3.70. The second-order valence-corrected chi connectivity index (χ2v) is 7.04. The fourth-order valence-electron chi connectivity index (χ4n) is 3.72. The summed E-state index contributed by atoms with van der Waals surface area (Å²) in [6, 6.07) is 8.11. The van der Waals surface area contributed by atoms with Crippen LogP contribution < -0.4 is 5.32 Å². The van der Waals surface area contributed by atoms with E-state index in [1.54, 1.807) is 0 Å². The Hall–Kier alpha value is -2.58. The number of aliphatic imine (C=N–C) groups is 2. The number of fused-ring (bicyclic) bond motifs is 2. The van der Waals surface area contributed by atoms with Crippen LogP contribution >= 0.6 is 12.4 Å². The first-order valence-electron chi connectivity index (χ1n) is 9.15. The van der Waals surface area contributed by atoms with Crippen LogP contribution in [0.15, 0.2) is 34.3 Å². The van der Waals surface area contributed by atoms with Crippen molar-refractivity contribution >= 4 is 41.4 Å². The van der Waals surface area contributed by atoms with Crippen LogP contribution in [0.2, 0.25) is 0 Å². The molecule has 1 N–H and O–H groups in total. The zero-order valence-corrected chi connectivity index (χ0v) is 16.5. The maximum atomic E-state index is 11.3. The van der Waals surface area contributed by atoms with Crippen LogP contribution in [0, 0.1) is 10.1 Å². The number of anilines is 1. The monoisotopic (exact) mass is 402 g/mol. The maximum Gasteiger partial charge on any atom is 0.411 e. The van der Waals surface area contributed by atoms with Crippen LogP contribution in [0.3, 0.4) is 0 Å². The minimum Gasteiger partial charge on any atom is -0.384 e. The molecule has 1 aromatic heterocycles. The number of benzene rings is 1. The largest absolute Gasteiger partial charge is 0.411 e. The minimum absolute atomic E-state index is 0. The Bertz CT molecular complexity index is 933. The molecule has 2 aromatic rings. The lowest BCUT2D eigenvalue weighted by molar-refractivity contribution is -0.566. The molecule has 8 nitrogen and oxygen atoms in total. The van der Waals surface area contributed by atoms with Crippen molar-refractivity contribution in [1.82, 2.24) is 9.88 Å². The number of nitrogens with zero attached hydrogens (tertiary/aromatic N) is 5. The second-order valence-electron chi connectivity index (χ2n) is 7.04. The molecule has 148 valence electrons. The molecule has 2 aliphatic rings. The Morgan fingerprint density at radius 2 is 2.04 bits per heavy atom. The van der Waals surface area contributed by atoms with E-state index in [1.807, 2.05) is 18.2 Å². The van der Waals surface area contributed by atoms with Gasteiger partial charge in [-0.1, -0.05) is 18.2 Å². The summed E-state index contributed by atoms with van der Waals surface area (Å²) in [6.45, 7) is 2.47. The molecular formula is C19H23ClN6O2. The number of nitrogens with one attached hydrogen (secondary N) is 1. The lowest BCUT2D eigenvalue weighted by Crippen LogP contribution is -2.33. The van der Waals surface area contributed by atoms with E-state index in [0.717, 1.165) is 41.8 Å². The Kier molecular flexibility index (Phi) is 5.90. The minimum atomic E-state index is -1.54. The number of rotatable bonds is 6. The van der Waals surface area contributed by atoms with Crippen molar-refractivity contribution < 1.29 is 4.92 Å². The van der Waals surface area contributed by atoms with E-state index in [1.165, 1.54) is 18.0 Å². The van der Waals surface area contributed by atoms with E-state index in [9.17, 15) is 10.1 Å². The third-order valence-electron chi connectivity index (χ3n) is 5.15. The SMILES string of the molecule is CN1CCc2nc3ccccc3c(NCCCC3([N+](=O)[O-])N=CC=N3)c2C1.Cl. The van der Waals surface area contributed by atoms with Gasteiger partial charge in [-0.2, -0.15) is 9.98 Å². The molecule has 0 unspecified atom stereocenters. The van der Waals surface area contributed by atoms with E-state index in [4.69, 9.17) is 4.98 Å². The number of aromatic nitrogens is 1. The summed E-state index contributed by atoms with van der Waals surface area (Å²) < 4.78 is 0. The highest BCUT2D eigenvalue weighted by Gasteiger charge is 2.42. The van der Waals surface area contributed by atoms with E-state index in [2.05, 4.69) is 33.3 Å². The zero-order chi connectivity index (χ0) is 18.9. The van der Waals surface area contributed by atoms with E-state index in [0.29, 0.717) is 13.0 Å². The number of para-hydroxylation sites is 1. The number of nitro groups is 1. The van der Waals surface area contributed by atoms with Crippen LogP contribution in [0.4, 0.5) is 5.69 Å². The molecule has 0 fully saturated rings. The molecule has 28 heavy (non-hydrogen) atoms. The highest BCUT2D eigenvalue weighted by Crippen LogP contribution is 2.32. The smallest absolute Gasteiger partial charge is 0.384 e. The Labute approximate surface area is 169 Å². The Morgan fingerprint density at radius 3 is 2.79 bits per heavy atom. The van der Waals surface area contributed by atoms with E-state index in [-0.39, 0.29) is 18.8 Å². The number of hydrogen-bond acceptors (Lipinski definition) is 7. The van der Waals surface area contributed by atoms with Crippen molar-refractivity contribution in [2.45, 2.75) is 31.6 Å². The first-order valence-corrected chi connectivity index (χ1v) is 9.15. The van der Waals surface area contributed by atoms with Crippen molar-refractivity contribution in [3.05, 3.63) is 45.6 Å². The summed E-state index contributed by atoms with van der Waals surface area (Å²) >= 11 is 0. The number of likely N-dealkylation sites (N-methyl/N-ethyl adjacent to an activating group) is 1. The summed E-state index contributed by atoms with van der Waals surface area (Å²) in [5.74, 6) is -1.54. The summed E-state index contributed by atoms with van der Waals surface area (Å²) in [5.41, 5.74) is 4.44. The van der Waals surface area contributed by atoms with Gasteiger partial charge in [-0.3, -0.25) is 15.1 Å². The number of hydrogen-bond donors (Lipinski definition) is 1. The topological polar surface area (TPSA) is 96.0 Å². The van der Waals surface area contributed by atoms with Crippen molar-refractivity contribution in [3.63, 3.8) is 0 Å². The normalized spacial score (nSPS) is 17.3. The highest BCUT2D eigenvalue weighted by atomic mass is 35.5. The van der Waals surface area contributed by atoms with Crippen molar-refractivity contribution in [2.24, 2.45) is 9.98 Å². The quantitative estimate of drug-likeness (QED) is 0.455. The van der Waals surface area contributed by atoms with Crippen LogP contribution in [-0.4, -0.2) is 53.2 Å². The molecule has 9 heteroatoms. The maximum absolute atomic E-state index is 11.3. The molecule has 0 radical (unpaired) electrons. The van der Waals surface area contributed by atoms with Gasteiger partial charge in [0.1, 0.15) is 0 Å². The average Bonchev–Trinajstić information content (AvgIpc) is 3.15. The van der Waals surface area contributed by atoms with E-state index >= 15 is 0 Å². The highest BCUT2D eigenvalue weighted by molar-refractivity contribution is 6.17. The Morgan fingerprint density at radius 1 is 1.29 bits per heavy atom. The van der Waals surface area contributed by atoms with Crippen LogP contribution in [0.5, 0.6) is 0 Å². The van der Waals surface area contributed by atoms with Gasteiger partial charge < -0.3 is 10.2 Å². The molecule has 1 aromatic carbocycles. The molecule has 0 saturated heterocycles. The molecule has 4 rings (SSSR count). The standard InChI is InChI=1S/C19H22N6O2.ClH/c1-24-12-7-17-15(13-24)18(14-5-2-3-6-16(14)23-17)20-9-4-8-19(25(26)27)21-10-11-22-19;/h2-3,5-6,10-11H,4,7-9,12-13H2,1H3,(H,20,23);1H. The molecular weight excluding hydrogens is 380 g/mol. The first kappa shape index (κ1) is 20.2. The summed E-state index contributed by atoms with van der Waals surface area (Å²) in [4.78, 5) is 26.0. The van der Waals surface area contributed by atoms with Crippen molar-refractivity contribution in [1.29, 1.82) is 0 Å². The van der Waals surface area contributed by atoms with Gasteiger partial charge in [0.05, 0.1) is 16.9 Å². The van der Waals surface area contributed by atoms with Gasteiger partial charge in [-0.05, 0) is 19.5 Å². The zero-order valence-electron chi connectivity index (χ0n) is 15.7. The lowest BCUT2D eigenvalue weighted by Gasteiger charge is -2.27. The summed E-state index contributed by atoms with van der Waals surface area (Å²) in [6.07, 6.45) is 4.60. The van der Waals surface area contributed by atoms with Gasteiger partial charge in [-0.25, -0.2) is 0 Å². The van der Waals surface area contributed by atoms with Crippen molar-refractivity contribution in [3.8, 4) is 0 Å². The average molecular weight is 403 g/mol. The predicted molar refractivity (Wildman–Crippen MR) is 113 cm³/mol. The molecule has 2 aliphatic heterocycles. The predicted octanol–water partition coefficient (Wildman–Crippen LogP) is 2.92. The van der Waals surface area contributed by atoms with Gasteiger partial charge in [0.2, 0.25) is 0 Å². The van der Waals surface area contributed by atoms with Crippen LogP contribution in [0.25, 0.3) is 10.9 Å². The third-order valence-corrected chi connectivity index (χ3v) is 5.15. The van der Waals surface area contributed by atoms with Gasteiger partial charge in [0, 0.05) is 60.8 Å². The number of halogens is 1. The molecule has 3 heterocycles. The summed E-state index contributed by atoms with van der Waals surface area (Å²) in [5, 5.41) is 15.9. The van der Waals surface area contributed by atoms with Crippen LogP contribution in [-0.2, 0) is 13.0 Å². The molecule has 0 atom stereocenters. The molecule has 0 aliphatic carbocycles. The molecule has 0 bridgehead atoms. The van der Waals surface area contributed by atoms with Gasteiger partial charge in [0.25, 0.3) is 0 Å². The molecule has 0 saturated carbocycles.